The van der Waals surface area contributed by atoms with E-state index in [-0.39, 0.29) is 6.04 Å². The maximum atomic E-state index is 9.21. The quantitative estimate of drug-likeness (QED) is 0.909. The Balaban J connectivity index is 2.32. The molecule has 0 bridgehead atoms. The molecule has 4 heteroatoms. The number of nitrogens with one attached hydrogen (secondary N) is 1. The highest BCUT2D eigenvalue weighted by Gasteiger charge is 2.12. The number of thiophene rings is 1. The standard InChI is InChI=1S/C14H15N3S/c1-9-6-10(2)16-14(13(9)7-15)17-11(3)12-4-5-18-8-12/h4-6,8,11H,1-3H3,(H,16,17). The zero-order chi connectivity index (χ0) is 13.1. The van der Waals surface area contributed by atoms with Crippen LogP contribution in [0.3, 0.4) is 0 Å². The number of hydrogen-bond acceptors (Lipinski definition) is 4. The zero-order valence-corrected chi connectivity index (χ0v) is 11.5. The van der Waals surface area contributed by atoms with Crippen LogP contribution in [0.2, 0.25) is 0 Å². The molecule has 0 saturated carbocycles. The SMILES string of the molecule is Cc1cc(C)c(C#N)c(NC(C)c2ccsc2)n1. The fourth-order valence-corrected chi connectivity index (χ4v) is 2.65. The molecule has 2 heterocycles. The van der Waals surface area contributed by atoms with E-state index in [9.17, 15) is 5.26 Å². The predicted octanol–water partition coefficient (Wildman–Crippen LogP) is 3.80. The normalized spacial score (nSPS) is 11.9. The molecule has 0 spiro atoms. The number of aryl methyl sites for hydroxylation is 2. The molecular weight excluding hydrogens is 242 g/mol. The maximum absolute atomic E-state index is 9.21. The van der Waals surface area contributed by atoms with Crippen molar-refractivity contribution in [2.75, 3.05) is 5.32 Å². The van der Waals surface area contributed by atoms with E-state index < -0.39 is 0 Å². The van der Waals surface area contributed by atoms with Crippen LogP contribution in [0, 0.1) is 25.2 Å². The summed E-state index contributed by atoms with van der Waals surface area (Å²) in [5.41, 5.74) is 3.73. The summed E-state index contributed by atoms with van der Waals surface area (Å²) >= 11 is 1.67. The topological polar surface area (TPSA) is 48.7 Å². The van der Waals surface area contributed by atoms with Crippen molar-refractivity contribution in [2.45, 2.75) is 26.8 Å². The summed E-state index contributed by atoms with van der Waals surface area (Å²) in [6, 6.07) is 6.38. The van der Waals surface area contributed by atoms with E-state index in [1.807, 2.05) is 25.3 Å². The monoisotopic (exact) mass is 257 g/mol. The van der Waals surface area contributed by atoms with Crippen LogP contribution in [0.15, 0.2) is 22.9 Å². The Morgan fingerprint density at radius 3 is 2.83 bits per heavy atom. The van der Waals surface area contributed by atoms with E-state index in [1.165, 1.54) is 5.56 Å². The Labute approximate surface area is 111 Å². The van der Waals surface area contributed by atoms with Gasteiger partial charge in [-0.25, -0.2) is 4.98 Å². The molecule has 92 valence electrons. The first-order valence-corrected chi connectivity index (χ1v) is 6.73. The van der Waals surface area contributed by atoms with E-state index in [0.29, 0.717) is 11.4 Å². The van der Waals surface area contributed by atoms with Gasteiger partial charge in [-0.3, -0.25) is 0 Å². The second-order valence-corrected chi connectivity index (χ2v) is 5.12. The van der Waals surface area contributed by atoms with Crippen molar-refractivity contribution in [3.8, 4) is 6.07 Å². The highest BCUT2D eigenvalue weighted by molar-refractivity contribution is 7.07. The third-order valence-corrected chi connectivity index (χ3v) is 3.55. The summed E-state index contributed by atoms with van der Waals surface area (Å²) in [4.78, 5) is 4.42. The van der Waals surface area contributed by atoms with Crippen molar-refractivity contribution < 1.29 is 0 Å². The molecule has 1 atom stereocenters. The average molecular weight is 257 g/mol. The van der Waals surface area contributed by atoms with Crippen molar-refractivity contribution >= 4 is 17.2 Å². The van der Waals surface area contributed by atoms with Gasteiger partial charge in [0.25, 0.3) is 0 Å². The molecule has 0 radical (unpaired) electrons. The number of rotatable bonds is 3. The van der Waals surface area contributed by atoms with Crippen LogP contribution >= 0.6 is 11.3 Å². The molecule has 2 aromatic heterocycles. The summed E-state index contributed by atoms with van der Waals surface area (Å²) in [5.74, 6) is 0.675. The van der Waals surface area contributed by atoms with Crippen LogP contribution in [0.25, 0.3) is 0 Å². The van der Waals surface area contributed by atoms with E-state index in [1.54, 1.807) is 11.3 Å². The third-order valence-electron chi connectivity index (χ3n) is 2.85. The molecule has 0 aromatic carbocycles. The molecule has 0 aliphatic carbocycles. The highest BCUT2D eigenvalue weighted by Crippen LogP contribution is 2.24. The lowest BCUT2D eigenvalue weighted by Crippen LogP contribution is -2.10. The first kappa shape index (κ1) is 12.6. The molecule has 2 rings (SSSR count). The van der Waals surface area contributed by atoms with Crippen molar-refractivity contribution in [3.63, 3.8) is 0 Å². The minimum Gasteiger partial charge on any atom is -0.362 e. The smallest absolute Gasteiger partial charge is 0.144 e. The fraction of sp³-hybridized carbons (Fsp3) is 0.286. The molecule has 18 heavy (non-hydrogen) atoms. The zero-order valence-electron chi connectivity index (χ0n) is 10.7. The average Bonchev–Trinajstić information content (AvgIpc) is 2.81. The minimum atomic E-state index is 0.150. The molecular formula is C14H15N3S. The van der Waals surface area contributed by atoms with Crippen molar-refractivity contribution in [1.29, 1.82) is 5.26 Å². The van der Waals surface area contributed by atoms with Gasteiger partial charge in [-0.2, -0.15) is 16.6 Å². The molecule has 0 amide bonds. The molecule has 3 nitrogen and oxygen atoms in total. The van der Waals surface area contributed by atoms with Crippen LogP contribution in [-0.4, -0.2) is 4.98 Å². The highest BCUT2D eigenvalue weighted by atomic mass is 32.1. The van der Waals surface area contributed by atoms with E-state index in [0.717, 1.165) is 11.3 Å². The summed E-state index contributed by atoms with van der Waals surface area (Å²) in [6.07, 6.45) is 0. The molecule has 2 aromatic rings. The predicted molar refractivity (Wildman–Crippen MR) is 74.8 cm³/mol. The lowest BCUT2D eigenvalue weighted by Gasteiger charge is -2.15. The van der Waals surface area contributed by atoms with Crippen molar-refractivity contribution in [1.82, 2.24) is 4.98 Å². The fourth-order valence-electron chi connectivity index (χ4n) is 1.89. The van der Waals surface area contributed by atoms with Crippen molar-refractivity contribution in [2.24, 2.45) is 0 Å². The summed E-state index contributed by atoms with van der Waals surface area (Å²) in [5, 5.41) is 16.7. The third kappa shape index (κ3) is 2.52. The first-order chi connectivity index (χ1) is 8.61. The Kier molecular flexibility index (Phi) is 3.63. The largest absolute Gasteiger partial charge is 0.362 e. The van der Waals surface area contributed by atoms with Crippen molar-refractivity contribution in [3.05, 3.63) is 45.3 Å². The van der Waals surface area contributed by atoms with Gasteiger partial charge in [0.1, 0.15) is 11.9 Å². The van der Waals surface area contributed by atoms with E-state index >= 15 is 0 Å². The Bertz CT molecular complexity index is 582. The number of hydrogen-bond donors (Lipinski definition) is 1. The van der Waals surface area contributed by atoms with Gasteiger partial charge in [0.05, 0.1) is 11.6 Å². The lowest BCUT2D eigenvalue weighted by atomic mass is 10.1. The second kappa shape index (κ2) is 5.19. The minimum absolute atomic E-state index is 0.150. The van der Waals surface area contributed by atoms with Gasteiger partial charge in [0.2, 0.25) is 0 Å². The molecule has 1 N–H and O–H groups in total. The lowest BCUT2D eigenvalue weighted by molar-refractivity contribution is 0.875. The van der Waals surface area contributed by atoms with Gasteiger partial charge in [-0.1, -0.05) is 0 Å². The van der Waals surface area contributed by atoms with Crippen LogP contribution < -0.4 is 5.32 Å². The van der Waals surface area contributed by atoms with Gasteiger partial charge >= 0.3 is 0 Å². The second-order valence-electron chi connectivity index (χ2n) is 4.34. The van der Waals surface area contributed by atoms with Gasteiger partial charge in [0.15, 0.2) is 0 Å². The Hall–Kier alpha value is -1.86. The molecule has 0 aliphatic rings. The summed E-state index contributed by atoms with van der Waals surface area (Å²) in [6.45, 7) is 5.95. The van der Waals surface area contributed by atoms with Crippen LogP contribution in [0.5, 0.6) is 0 Å². The van der Waals surface area contributed by atoms with E-state index in [2.05, 4.69) is 34.7 Å². The number of anilines is 1. The van der Waals surface area contributed by atoms with Gasteiger partial charge in [-0.05, 0) is 54.8 Å². The first-order valence-electron chi connectivity index (χ1n) is 5.78. The molecule has 0 saturated heterocycles. The van der Waals surface area contributed by atoms with Crippen LogP contribution in [0.4, 0.5) is 5.82 Å². The number of nitrogens with zero attached hydrogens (tertiary/aromatic N) is 2. The van der Waals surface area contributed by atoms with Gasteiger partial charge in [0, 0.05) is 5.69 Å². The van der Waals surface area contributed by atoms with Gasteiger partial charge < -0.3 is 5.32 Å². The molecule has 0 aliphatic heterocycles. The number of pyridine rings is 1. The van der Waals surface area contributed by atoms with Crippen LogP contribution in [0.1, 0.15) is 35.3 Å². The molecule has 0 fully saturated rings. The van der Waals surface area contributed by atoms with Crippen LogP contribution in [-0.2, 0) is 0 Å². The Morgan fingerprint density at radius 2 is 2.22 bits per heavy atom. The number of aromatic nitrogens is 1. The summed E-state index contributed by atoms with van der Waals surface area (Å²) < 4.78 is 0. The van der Waals surface area contributed by atoms with Gasteiger partial charge in [-0.15, -0.1) is 0 Å². The van der Waals surface area contributed by atoms with E-state index in [4.69, 9.17) is 0 Å². The summed E-state index contributed by atoms with van der Waals surface area (Å²) in [7, 11) is 0. The molecule has 1 unspecified atom stereocenters. The number of nitriles is 1. The Morgan fingerprint density at radius 1 is 1.44 bits per heavy atom. The maximum Gasteiger partial charge on any atom is 0.144 e.